The molecule has 105 valence electrons. The molecule has 0 saturated heterocycles. The van der Waals surface area contributed by atoms with E-state index in [9.17, 15) is 4.79 Å². The first-order valence-electron chi connectivity index (χ1n) is 7.77. The highest BCUT2D eigenvalue weighted by molar-refractivity contribution is 5.78. The number of hydrogen-bond acceptors (Lipinski definition) is 2. The SMILES string of the molecule is CC[CH]C1(C(=O)OCCCCCC)CCCCC1. The standard InChI is InChI=1S/C16H29O2/c1-3-5-6-10-14-18-15(17)16(11-4-2)12-8-7-9-13-16/h11H,3-10,12-14H2,1-2H3. The topological polar surface area (TPSA) is 26.3 Å². The molecule has 1 saturated carbocycles. The Hall–Kier alpha value is -0.530. The molecule has 2 nitrogen and oxygen atoms in total. The van der Waals surface area contributed by atoms with E-state index in [-0.39, 0.29) is 11.4 Å². The molecule has 0 aliphatic heterocycles. The molecule has 1 rings (SSSR count). The number of carbonyl (C=O) groups is 1. The van der Waals surface area contributed by atoms with Gasteiger partial charge < -0.3 is 4.74 Å². The van der Waals surface area contributed by atoms with Crippen molar-refractivity contribution in [3.8, 4) is 0 Å². The minimum atomic E-state index is -0.252. The first kappa shape index (κ1) is 15.5. The fourth-order valence-corrected chi connectivity index (χ4v) is 2.90. The van der Waals surface area contributed by atoms with Crippen molar-refractivity contribution in [1.29, 1.82) is 0 Å². The summed E-state index contributed by atoms with van der Waals surface area (Å²) in [6.07, 6.45) is 13.4. The van der Waals surface area contributed by atoms with Crippen molar-refractivity contribution < 1.29 is 9.53 Å². The number of ether oxygens (including phenoxy) is 1. The highest BCUT2D eigenvalue weighted by Gasteiger charge is 2.40. The van der Waals surface area contributed by atoms with Gasteiger partial charge in [0.05, 0.1) is 12.0 Å². The smallest absolute Gasteiger partial charge is 0.312 e. The van der Waals surface area contributed by atoms with Gasteiger partial charge in [-0.3, -0.25) is 4.79 Å². The van der Waals surface area contributed by atoms with Gasteiger partial charge >= 0.3 is 5.97 Å². The van der Waals surface area contributed by atoms with Crippen molar-refractivity contribution in [1.82, 2.24) is 0 Å². The van der Waals surface area contributed by atoms with Crippen LogP contribution < -0.4 is 0 Å². The van der Waals surface area contributed by atoms with Crippen molar-refractivity contribution in [3.63, 3.8) is 0 Å². The van der Waals surface area contributed by atoms with Crippen LogP contribution in [0.1, 0.15) is 78.1 Å². The second-order valence-electron chi connectivity index (χ2n) is 5.53. The molecule has 0 amide bonds. The highest BCUT2D eigenvalue weighted by Crippen LogP contribution is 2.40. The summed E-state index contributed by atoms with van der Waals surface area (Å²) in [7, 11) is 0. The third-order valence-corrected chi connectivity index (χ3v) is 3.98. The molecule has 0 aromatic heterocycles. The molecule has 18 heavy (non-hydrogen) atoms. The van der Waals surface area contributed by atoms with E-state index in [0.717, 1.165) is 25.7 Å². The lowest BCUT2D eigenvalue weighted by Crippen LogP contribution is -2.35. The Morgan fingerprint density at radius 1 is 1.11 bits per heavy atom. The molecule has 0 bridgehead atoms. The highest BCUT2D eigenvalue weighted by atomic mass is 16.5. The summed E-state index contributed by atoms with van der Waals surface area (Å²) in [5.74, 6) is 0.0422. The summed E-state index contributed by atoms with van der Waals surface area (Å²) in [6.45, 7) is 4.92. The maximum Gasteiger partial charge on any atom is 0.312 e. The summed E-state index contributed by atoms with van der Waals surface area (Å²) in [5.41, 5.74) is -0.252. The zero-order valence-electron chi connectivity index (χ0n) is 12.2. The molecular weight excluding hydrogens is 224 g/mol. The van der Waals surface area contributed by atoms with Crippen LogP contribution in [0.4, 0.5) is 0 Å². The average Bonchev–Trinajstić information content (AvgIpc) is 2.39. The second kappa shape index (κ2) is 8.55. The summed E-state index contributed by atoms with van der Waals surface area (Å²) >= 11 is 0. The van der Waals surface area contributed by atoms with Gasteiger partial charge in [-0.15, -0.1) is 0 Å². The van der Waals surface area contributed by atoms with Crippen LogP contribution in [0.15, 0.2) is 0 Å². The molecule has 1 aliphatic carbocycles. The third kappa shape index (κ3) is 4.62. The van der Waals surface area contributed by atoms with Crippen LogP contribution in [-0.2, 0) is 9.53 Å². The maximum absolute atomic E-state index is 12.3. The minimum Gasteiger partial charge on any atom is -0.465 e. The van der Waals surface area contributed by atoms with Gasteiger partial charge in [0, 0.05) is 0 Å². The molecule has 2 heteroatoms. The molecule has 0 unspecified atom stereocenters. The van der Waals surface area contributed by atoms with Crippen LogP contribution in [0.3, 0.4) is 0 Å². The number of carbonyl (C=O) groups excluding carboxylic acids is 1. The lowest BCUT2D eigenvalue weighted by molar-refractivity contribution is -0.156. The predicted octanol–water partition coefficient (Wildman–Crippen LogP) is 4.67. The van der Waals surface area contributed by atoms with Crippen LogP contribution in [0.2, 0.25) is 0 Å². The number of esters is 1. The molecule has 1 fully saturated rings. The Kier molecular flexibility index (Phi) is 7.38. The van der Waals surface area contributed by atoms with Crippen molar-refractivity contribution in [2.45, 2.75) is 78.1 Å². The Bertz CT molecular complexity index is 224. The van der Waals surface area contributed by atoms with E-state index < -0.39 is 0 Å². The lowest BCUT2D eigenvalue weighted by atomic mass is 9.71. The zero-order valence-corrected chi connectivity index (χ0v) is 12.2. The summed E-state index contributed by atoms with van der Waals surface area (Å²) in [4.78, 5) is 12.3. The van der Waals surface area contributed by atoms with Crippen LogP contribution in [0.25, 0.3) is 0 Å². The van der Waals surface area contributed by atoms with Gasteiger partial charge in [0.25, 0.3) is 0 Å². The molecule has 1 aliphatic rings. The number of rotatable bonds is 8. The van der Waals surface area contributed by atoms with Gasteiger partial charge in [0.15, 0.2) is 0 Å². The molecule has 1 radical (unpaired) electrons. The fourth-order valence-electron chi connectivity index (χ4n) is 2.90. The minimum absolute atomic E-state index is 0.0422. The molecule has 0 aromatic rings. The van der Waals surface area contributed by atoms with Crippen molar-refractivity contribution in [3.05, 3.63) is 6.42 Å². The Balaban J connectivity index is 2.35. The Morgan fingerprint density at radius 3 is 2.44 bits per heavy atom. The first-order valence-corrected chi connectivity index (χ1v) is 7.77. The first-order chi connectivity index (χ1) is 8.75. The van der Waals surface area contributed by atoms with E-state index in [1.807, 2.05) is 0 Å². The third-order valence-electron chi connectivity index (χ3n) is 3.98. The van der Waals surface area contributed by atoms with Crippen molar-refractivity contribution in [2.24, 2.45) is 5.41 Å². The van der Waals surface area contributed by atoms with Crippen LogP contribution in [0.5, 0.6) is 0 Å². The molecular formula is C16H29O2. The van der Waals surface area contributed by atoms with Crippen LogP contribution in [0, 0.1) is 11.8 Å². The van der Waals surface area contributed by atoms with E-state index in [4.69, 9.17) is 4.74 Å². The van der Waals surface area contributed by atoms with Gasteiger partial charge in [0.2, 0.25) is 0 Å². The zero-order chi connectivity index (χ0) is 13.3. The van der Waals surface area contributed by atoms with E-state index in [0.29, 0.717) is 6.61 Å². The molecule has 0 spiro atoms. The quantitative estimate of drug-likeness (QED) is 0.464. The van der Waals surface area contributed by atoms with E-state index >= 15 is 0 Å². The summed E-state index contributed by atoms with van der Waals surface area (Å²) in [5, 5.41) is 0. The van der Waals surface area contributed by atoms with Crippen LogP contribution in [-0.4, -0.2) is 12.6 Å². The van der Waals surface area contributed by atoms with Gasteiger partial charge in [-0.05, 0) is 25.7 Å². The van der Waals surface area contributed by atoms with Gasteiger partial charge in [-0.1, -0.05) is 58.8 Å². The fraction of sp³-hybridized carbons (Fsp3) is 0.875. The molecule has 0 aromatic carbocycles. The lowest BCUT2D eigenvalue weighted by Gasteiger charge is -2.34. The monoisotopic (exact) mass is 253 g/mol. The summed E-state index contributed by atoms with van der Waals surface area (Å²) in [6, 6.07) is 0. The Morgan fingerprint density at radius 2 is 1.83 bits per heavy atom. The molecule has 0 atom stereocenters. The van der Waals surface area contributed by atoms with E-state index in [1.54, 1.807) is 0 Å². The van der Waals surface area contributed by atoms with Gasteiger partial charge in [-0.2, -0.15) is 0 Å². The maximum atomic E-state index is 12.3. The van der Waals surface area contributed by atoms with E-state index in [1.165, 1.54) is 38.5 Å². The normalized spacial score (nSPS) is 18.6. The van der Waals surface area contributed by atoms with Gasteiger partial charge in [-0.25, -0.2) is 0 Å². The molecule has 0 N–H and O–H groups in total. The predicted molar refractivity (Wildman–Crippen MR) is 75.2 cm³/mol. The van der Waals surface area contributed by atoms with E-state index in [2.05, 4.69) is 20.3 Å². The number of hydrogen-bond donors (Lipinski definition) is 0. The largest absolute Gasteiger partial charge is 0.465 e. The van der Waals surface area contributed by atoms with Crippen LogP contribution >= 0.6 is 0 Å². The average molecular weight is 253 g/mol. The van der Waals surface area contributed by atoms with Crippen molar-refractivity contribution in [2.75, 3.05) is 6.61 Å². The molecule has 0 heterocycles. The second-order valence-corrected chi connectivity index (χ2v) is 5.53. The Labute approximate surface area is 112 Å². The number of unbranched alkanes of at least 4 members (excludes halogenated alkanes) is 3. The summed E-state index contributed by atoms with van der Waals surface area (Å²) < 4.78 is 5.51. The van der Waals surface area contributed by atoms with Crippen molar-refractivity contribution >= 4 is 5.97 Å². The van der Waals surface area contributed by atoms with Gasteiger partial charge in [0.1, 0.15) is 0 Å².